The van der Waals surface area contributed by atoms with Gasteiger partial charge in [0.25, 0.3) is 5.56 Å². The molecule has 19 heavy (non-hydrogen) atoms. The van der Waals surface area contributed by atoms with Crippen molar-refractivity contribution in [1.29, 1.82) is 0 Å². The SMILES string of the molecule is C=C1CCC(n2ccc(=O)[nH]c2=O)O1.CC(C)(O)O. The van der Waals surface area contributed by atoms with Crippen LogP contribution >= 0.6 is 0 Å². The van der Waals surface area contributed by atoms with Crippen LogP contribution in [0.25, 0.3) is 0 Å². The molecule has 1 unspecified atom stereocenters. The van der Waals surface area contributed by atoms with Crippen LogP contribution in [-0.4, -0.2) is 25.6 Å². The minimum absolute atomic E-state index is 0.327. The highest BCUT2D eigenvalue weighted by Gasteiger charge is 2.21. The van der Waals surface area contributed by atoms with Crippen molar-refractivity contribution in [1.82, 2.24) is 9.55 Å². The molecule has 2 rings (SSSR count). The first-order valence-electron chi connectivity index (χ1n) is 5.77. The fraction of sp³-hybridized carbons (Fsp3) is 0.500. The first-order valence-corrected chi connectivity index (χ1v) is 5.77. The van der Waals surface area contributed by atoms with Gasteiger partial charge in [0.2, 0.25) is 0 Å². The van der Waals surface area contributed by atoms with Gasteiger partial charge in [-0.2, -0.15) is 0 Å². The van der Waals surface area contributed by atoms with Crippen molar-refractivity contribution in [2.24, 2.45) is 0 Å². The molecule has 0 bridgehead atoms. The number of aliphatic hydroxyl groups is 2. The van der Waals surface area contributed by atoms with Crippen LogP contribution in [0.1, 0.15) is 32.9 Å². The standard InChI is InChI=1S/C9H10N2O3.C3H8O2/c1-6-2-3-8(14-6)11-5-4-7(12)10-9(11)13;1-3(2,4)5/h4-5,8H,1-3H2,(H,10,12,13);4-5H,1-2H3. The maximum Gasteiger partial charge on any atom is 0.331 e. The number of hydrogen-bond acceptors (Lipinski definition) is 5. The number of aromatic amines is 1. The smallest absolute Gasteiger partial charge is 0.331 e. The Morgan fingerprint density at radius 3 is 2.47 bits per heavy atom. The summed E-state index contributed by atoms with van der Waals surface area (Å²) in [6.07, 6.45) is 2.57. The van der Waals surface area contributed by atoms with Gasteiger partial charge in [-0.15, -0.1) is 0 Å². The summed E-state index contributed by atoms with van der Waals surface area (Å²) in [6.45, 7) is 6.26. The second kappa shape index (κ2) is 5.85. The third-order valence-corrected chi connectivity index (χ3v) is 2.13. The topological polar surface area (TPSA) is 105 Å². The fourth-order valence-corrected chi connectivity index (χ4v) is 1.44. The fourth-order valence-electron chi connectivity index (χ4n) is 1.44. The zero-order valence-corrected chi connectivity index (χ0v) is 10.9. The van der Waals surface area contributed by atoms with E-state index < -0.39 is 17.0 Å². The van der Waals surface area contributed by atoms with Crippen molar-refractivity contribution >= 4 is 0 Å². The second-order valence-electron chi connectivity index (χ2n) is 4.66. The average Bonchev–Trinajstić information content (AvgIpc) is 2.62. The molecule has 1 atom stereocenters. The van der Waals surface area contributed by atoms with E-state index in [-0.39, 0.29) is 6.23 Å². The number of allylic oxidation sites excluding steroid dienone is 1. The minimum atomic E-state index is -1.50. The molecule has 1 saturated heterocycles. The molecule has 1 aromatic heterocycles. The molecule has 0 spiro atoms. The molecule has 7 nitrogen and oxygen atoms in total. The minimum Gasteiger partial charge on any atom is -0.475 e. The Balaban J connectivity index is 0.000000312. The lowest BCUT2D eigenvalue weighted by Crippen LogP contribution is -2.31. The Morgan fingerprint density at radius 1 is 1.47 bits per heavy atom. The number of hydrogen-bond donors (Lipinski definition) is 3. The number of ether oxygens (including phenoxy) is 1. The van der Waals surface area contributed by atoms with Crippen molar-refractivity contribution in [3.63, 3.8) is 0 Å². The largest absolute Gasteiger partial charge is 0.475 e. The van der Waals surface area contributed by atoms with E-state index in [1.54, 1.807) is 0 Å². The molecular weight excluding hydrogens is 252 g/mol. The zero-order valence-electron chi connectivity index (χ0n) is 10.9. The maximum absolute atomic E-state index is 11.3. The number of aromatic nitrogens is 2. The van der Waals surface area contributed by atoms with E-state index in [1.165, 1.54) is 30.7 Å². The molecule has 3 N–H and O–H groups in total. The predicted octanol–water partition coefficient (Wildman–Crippen LogP) is 0.0664. The predicted molar refractivity (Wildman–Crippen MR) is 68.3 cm³/mol. The molecule has 2 heterocycles. The number of nitrogens with zero attached hydrogens (tertiary/aromatic N) is 1. The summed E-state index contributed by atoms with van der Waals surface area (Å²) >= 11 is 0. The third kappa shape index (κ3) is 5.54. The van der Waals surface area contributed by atoms with Gasteiger partial charge in [0, 0.05) is 25.1 Å². The zero-order chi connectivity index (χ0) is 14.6. The van der Waals surface area contributed by atoms with Gasteiger partial charge in [0.15, 0.2) is 12.0 Å². The molecular formula is C12H18N2O5. The lowest BCUT2D eigenvalue weighted by molar-refractivity contribution is -0.127. The maximum atomic E-state index is 11.3. The van der Waals surface area contributed by atoms with Gasteiger partial charge in [0.1, 0.15) is 0 Å². The van der Waals surface area contributed by atoms with Crippen molar-refractivity contribution in [2.45, 2.75) is 38.7 Å². The van der Waals surface area contributed by atoms with Crippen molar-refractivity contribution in [3.8, 4) is 0 Å². The average molecular weight is 270 g/mol. The summed E-state index contributed by atoms with van der Waals surface area (Å²) < 4.78 is 6.68. The molecule has 0 amide bonds. The van der Waals surface area contributed by atoms with Crippen LogP contribution in [-0.2, 0) is 4.74 Å². The molecule has 1 aliphatic heterocycles. The second-order valence-corrected chi connectivity index (χ2v) is 4.66. The van der Waals surface area contributed by atoms with Gasteiger partial charge in [-0.25, -0.2) is 4.79 Å². The Kier molecular flexibility index (Phi) is 4.68. The van der Waals surface area contributed by atoms with E-state index in [0.717, 1.165) is 6.42 Å². The molecule has 1 fully saturated rings. The van der Waals surface area contributed by atoms with Crippen LogP contribution in [0.3, 0.4) is 0 Å². The van der Waals surface area contributed by atoms with Crippen molar-refractivity contribution in [3.05, 3.63) is 45.4 Å². The highest BCUT2D eigenvalue weighted by molar-refractivity contribution is 4.92. The number of nitrogens with one attached hydrogen (secondary N) is 1. The van der Waals surface area contributed by atoms with E-state index in [2.05, 4.69) is 11.6 Å². The Hall–Kier alpha value is -1.86. The Morgan fingerprint density at radius 2 is 2.05 bits per heavy atom. The van der Waals surface area contributed by atoms with Crippen LogP contribution in [0.2, 0.25) is 0 Å². The monoisotopic (exact) mass is 270 g/mol. The third-order valence-electron chi connectivity index (χ3n) is 2.13. The van der Waals surface area contributed by atoms with E-state index >= 15 is 0 Å². The van der Waals surface area contributed by atoms with Gasteiger partial charge in [-0.1, -0.05) is 6.58 Å². The summed E-state index contributed by atoms with van der Waals surface area (Å²) in [6, 6.07) is 1.30. The van der Waals surface area contributed by atoms with Gasteiger partial charge in [0.05, 0.1) is 5.76 Å². The van der Waals surface area contributed by atoms with Crippen molar-refractivity contribution in [2.75, 3.05) is 0 Å². The van der Waals surface area contributed by atoms with Crippen LogP contribution in [0.5, 0.6) is 0 Å². The summed E-state index contributed by atoms with van der Waals surface area (Å²) in [7, 11) is 0. The molecule has 0 saturated carbocycles. The normalized spacial score (nSPS) is 18.5. The summed E-state index contributed by atoms with van der Waals surface area (Å²) in [5.74, 6) is -0.826. The Labute approximate surface area is 109 Å². The highest BCUT2D eigenvalue weighted by Crippen LogP contribution is 2.27. The van der Waals surface area contributed by atoms with Crippen LogP contribution in [0.15, 0.2) is 34.2 Å². The van der Waals surface area contributed by atoms with Crippen LogP contribution < -0.4 is 11.2 Å². The lowest BCUT2D eigenvalue weighted by atomic mass is 10.3. The quantitative estimate of drug-likeness (QED) is 0.626. The molecule has 1 aliphatic rings. The van der Waals surface area contributed by atoms with E-state index in [4.69, 9.17) is 14.9 Å². The number of rotatable bonds is 1. The molecule has 0 aliphatic carbocycles. The molecule has 7 heteroatoms. The number of H-pyrrole nitrogens is 1. The first kappa shape index (κ1) is 15.2. The summed E-state index contributed by atoms with van der Waals surface area (Å²) in [5, 5.41) is 16.2. The molecule has 0 radical (unpaired) electrons. The summed E-state index contributed by atoms with van der Waals surface area (Å²) in [5.41, 5.74) is -0.847. The van der Waals surface area contributed by atoms with Crippen molar-refractivity contribution < 1.29 is 14.9 Å². The van der Waals surface area contributed by atoms with Gasteiger partial charge in [-0.05, 0) is 13.8 Å². The van der Waals surface area contributed by atoms with Crippen LogP contribution in [0, 0.1) is 0 Å². The first-order chi connectivity index (χ1) is 8.66. The highest BCUT2D eigenvalue weighted by atomic mass is 16.5. The molecule has 1 aromatic rings. The van der Waals surface area contributed by atoms with Gasteiger partial charge in [-0.3, -0.25) is 14.3 Å². The van der Waals surface area contributed by atoms with E-state index in [9.17, 15) is 9.59 Å². The summed E-state index contributed by atoms with van der Waals surface area (Å²) in [4.78, 5) is 24.3. The van der Waals surface area contributed by atoms with E-state index in [0.29, 0.717) is 12.2 Å². The molecule has 0 aromatic carbocycles. The molecule has 106 valence electrons. The van der Waals surface area contributed by atoms with Gasteiger partial charge >= 0.3 is 5.69 Å². The van der Waals surface area contributed by atoms with E-state index in [1.807, 2.05) is 0 Å². The van der Waals surface area contributed by atoms with Gasteiger partial charge < -0.3 is 14.9 Å². The lowest BCUT2D eigenvalue weighted by Gasteiger charge is -2.12. The Bertz CT molecular complexity index is 546. The van der Waals surface area contributed by atoms with Crippen LogP contribution in [0.4, 0.5) is 0 Å².